The topological polar surface area (TPSA) is 0 Å². The minimum Gasteiger partial charge on any atom is -0.0622 e. The van der Waals surface area contributed by atoms with Crippen molar-refractivity contribution in [1.82, 2.24) is 0 Å². The van der Waals surface area contributed by atoms with E-state index in [9.17, 15) is 0 Å². The van der Waals surface area contributed by atoms with Gasteiger partial charge in [-0.2, -0.15) is 0 Å². The average molecular weight is 603 g/mol. The molecule has 0 amide bonds. The molecule has 250 valence electrons. The normalized spacial score (nSPS) is 14.7. The molecule has 0 unspecified atom stereocenters. The first kappa shape index (κ1) is 38.6. The van der Waals surface area contributed by atoms with Gasteiger partial charge in [0.1, 0.15) is 0 Å². The Kier molecular flexibility index (Phi) is 10.7. The molecule has 2 rings (SSSR count). The van der Waals surface area contributed by atoms with E-state index in [1.807, 2.05) is 0 Å². The zero-order valence-corrected chi connectivity index (χ0v) is 33.3. The lowest BCUT2D eigenvalue weighted by molar-refractivity contribution is 0.245. The summed E-state index contributed by atoms with van der Waals surface area (Å²) in [6, 6.07) is 14.0. The SMILES string of the molecule is CC(C)(C)CC(C)(C)c1cc(-c2ccccc2)c(C(C)(C)CC(C)(C)C)c(C(C)(C)CC(C)(C)C)c1C(C)(C)CC(C)(C)C. The van der Waals surface area contributed by atoms with E-state index < -0.39 is 0 Å². The van der Waals surface area contributed by atoms with Gasteiger partial charge in [-0.3, -0.25) is 0 Å². The van der Waals surface area contributed by atoms with Crippen LogP contribution in [0.3, 0.4) is 0 Å². The fourth-order valence-electron chi connectivity index (χ4n) is 9.81. The van der Waals surface area contributed by atoms with Crippen LogP contribution in [0.25, 0.3) is 11.1 Å². The van der Waals surface area contributed by atoms with Crippen LogP contribution in [-0.2, 0) is 21.7 Å². The van der Waals surface area contributed by atoms with E-state index in [4.69, 9.17) is 0 Å². The lowest BCUT2D eigenvalue weighted by Crippen LogP contribution is -2.40. The molecule has 0 spiro atoms. The first-order chi connectivity index (χ1) is 19.3. The quantitative estimate of drug-likeness (QED) is 0.268. The van der Waals surface area contributed by atoms with Gasteiger partial charge in [-0.05, 0) is 108 Å². The third-order valence-electron chi connectivity index (χ3n) is 9.06. The minimum atomic E-state index is -0.0232. The summed E-state index contributed by atoms with van der Waals surface area (Å²) in [4.78, 5) is 0. The van der Waals surface area contributed by atoms with Crippen LogP contribution in [0.15, 0.2) is 36.4 Å². The maximum absolute atomic E-state index is 2.68. The molecule has 2 aromatic rings. The van der Waals surface area contributed by atoms with Crippen LogP contribution < -0.4 is 0 Å². The molecule has 2 aromatic carbocycles. The van der Waals surface area contributed by atoms with E-state index >= 15 is 0 Å². The summed E-state index contributed by atoms with van der Waals surface area (Å²) in [6.07, 6.45) is 4.54. The fourth-order valence-corrected chi connectivity index (χ4v) is 9.81. The summed E-state index contributed by atoms with van der Waals surface area (Å²) >= 11 is 0. The summed E-state index contributed by atoms with van der Waals surface area (Å²) < 4.78 is 0. The van der Waals surface area contributed by atoms with Crippen LogP contribution in [0.2, 0.25) is 0 Å². The smallest absolute Gasteiger partial charge is 0.00894 e. The summed E-state index contributed by atoms with van der Waals surface area (Å²) in [5, 5.41) is 0. The molecular formula is C44H74. The van der Waals surface area contributed by atoms with Gasteiger partial charge in [0.15, 0.2) is 0 Å². The highest BCUT2D eigenvalue weighted by molar-refractivity contribution is 5.75. The first-order valence-electron chi connectivity index (χ1n) is 17.6. The van der Waals surface area contributed by atoms with E-state index in [1.54, 1.807) is 22.3 Å². The molecule has 0 atom stereocenters. The molecule has 0 fully saturated rings. The Morgan fingerprint density at radius 3 is 1.05 bits per heavy atom. The second-order valence-electron chi connectivity index (χ2n) is 21.9. The number of rotatable bonds is 9. The number of benzene rings is 2. The monoisotopic (exact) mass is 603 g/mol. The standard InChI is InChI=1S/C44H74/c1-37(2,3)27-41(13,14)33-26-32(31-24-22-21-23-25-31)34(42(15,16)28-38(4,5)6)36(44(19,20)30-40(10,11)12)35(33)43(17,18)29-39(7,8)9/h21-26H,27-30H2,1-20H3. The van der Waals surface area contributed by atoms with Crippen molar-refractivity contribution in [3.05, 3.63) is 58.7 Å². The van der Waals surface area contributed by atoms with E-state index in [2.05, 4.69) is 175 Å². The molecule has 0 radical (unpaired) electrons. The van der Waals surface area contributed by atoms with Crippen LogP contribution >= 0.6 is 0 Å². The van der Waals surface area contributed by atoms with Gasteiger partial charge in [0.2, 0.25) is 0 Å². The van der Waals surface area contributed by atoms with Gasteiger partial charge in [0.05, 0.1) is 0 Å². The van der Waals surface area contributed by atoms with Crippen LogP contribution in [0.4, 0.5) is 0 Å². The zero-order chi connectivity index (χ0) is 34.5. The molecule has 0 aliphatic carbocycles. The van der Waals surface area contributed by atoms with E-state index in [0.29, 0.717) is 0 Å². The molecule has 0 heteroatoms. The molecule has 0 saturated heterocycles. The Morgan fingerprint density at radius 1 is 0.364 bits per heavy atom. The van der Waals surface area contributed by atoms with Crippen molar-refractivity contribution in [3.8, 4) is 11.1 Å². The Labute approximate surface area is 276 Å². The summed E-state index contributed by atoms with van der Waals surface area (Å²) in [5.41, 5.74) is 9.99. The van der Waals surface area contributed by atoms with E-state index in [0.717, 1.165) is 25.7 Å². The van der Waals surface area contributed by atoms with Crippen LogP contribution in [0.5, 0.6) is 0 Å². The van der Waals surface area contributed by atoms with Gasteiger partial charge in [0, 0.05) is 0 Å². The third kappa shape index (κ3) is 10.2. The molecule has 0 nitrogen and oxygen atoms in total. The second kappa shape index (κ2) is 12.2. The minimum absolute atomic E-state index is 0.00495. The van der Waals surface area contributed by atoms with Crippen LogP contribution in [-0.4, -0.2) is 0 Å². The lowest BCUT2D eigenvalue weighted by atomic mass is 9.56. The Balaban J connectivity index is 3.45. The maximum atomic E-state index is 2.68. The summed E-state index contributed by atoms with van der Waals surface area (Å²) in [6.45, 7) is 49.5. The predicted octanol–water partition coefficient (Wildman–Crippen LogP) is 14.2. The van der Waals surface area contributed by atoms with Gasteiger partial charge in [-0.1, -0.05) is 169 Å². The molecule has 0 heterocycles. The van der Waals surface area contributed by atoms with Crippen molar-refractivity contribution in [2.24, 2.45) is 21.7 Å². The molecule has 0 N–H and O–H groups in total. The van der Waals surface area contributed by atoms with Gasteiger partial charge in [-0.25, -0.2) is 0 Å². The molecule has 0 aromatic heterocycles. The predicted molar refractivity (Wildman–Crippen MR) is 200 cm³/mol. The molecule has 0 bridgehead atoms. The van der Waals surface area contributed by atoms with Gasteiger partial charge >= 0.3 is 0 Å². The summed E-state index contributed by atoms with van der Waals surface area (Å²) in [5.74, 6) is 0. The lowest BCUT2D eigenvalue weighted by Gasteiger charge is -2.48. The van der Waals surface area contributed by atoms with Crippen LogP contribution in [0.1, 0.15) is 186 Å². The van der Waals surface area contributed by atoms with Crippen LogP contribution in [0, 0.1) is 21.7 Å². The van der Waals surface area contributed by atoms with Crippen molar-refractivity contribution in [1.29, 1.82) is 0 Å². The fraction of sp³-hybridized carbons (Fsp3) is 0.727. The van der Waals surface area contributed by atoms with Crippen molar-refractivity contribution in [3.63, 3.8) is 0 Å². The molecule has 0 aliphatic rings. The average Bonchev–Trinajstić information content (AvgIpc) is 2.71. The Morgan fingerprint density at radius 2 is 0.682 bits per heavy atom. The number of hydrogen-bond donors (Lipinski definition) is 0. The van der Waals surface area contributed by atoms with Gasteiger partial charge in [0.25, 0.3) is 0 Å². The van der Waals surface area contributed by atoms with Crippen molar-refractivity contribution in [2.45, 2.75) is 186 Å². The summed E-state index contributed by atoms with van der Waals surface area (Å²) in [7, 11) is 0. The highest BCUT2D eigenvalue weighted by Crippen LogP contribution is 2.56. The highest BCUT2D eigenvalue weighted by atomic mass is 14.5. The number of hydrogen-bond acceptors (Lipinski definition) is 0. The van der Waals surface area contributed by atoms with Gasteiger partial charge < -0.3 is 0 Å². The van der Waals surface area contributed by atoms with E-state index in [-0.39, 0.29) is 43.3 Å². The van der Waals surface area contributed by atoms with Gasteiger partial charge in [-0.15, -0.1) is 0 Å². The molecule has 0 saturated carbocycles. The largest absolute Gasteiger partial charge is 0.0622 e. The van der Waals surface area contributed by atoms with Crippen molar-refractivity contribution < 1.29 is 0 Å². The van der Waals surface area contributed by atoms with Crippen molar-refractivity contribution >= 4 is 0 Å². The Hall–Kier alpha value is -1.56. The highest BCUT2D eigenvalue weighted by Gasteiger charge is 2.45. The second-order valence-corrected chi connectivity index (χ2v) is 21.9. The maximum Gasteiger partial charge on any atom is -0.00894 e. The molecule has 44 heavy (non-hydrogen) atoms. The van der Waals surface area contributed by atoms with E-state index in [1.165, 1.54) is 11.1 Å². The third-order valence-corrected chi connectivity index (χ3v) is 9.06. The molecule has 0 aliphatic heterocycles. The Bertz CT molecular complexity index is 1250. The molecular weight excluding hydrogens is 528 g/mol. The zero-order valence-electron chi connectivity index (χ0n) is 33.3. The first-order valence-corrected chi connectivity index (χ1v) is 17.6. The van der Waals surface area contributed by atoms with Crippen molar-refractivity contribution in [2.75, 3.05) is 0 Å².